The Balaban J connectivity index is 1.76. The van der Waals surface area contributed by atoms with E-state index in [2.05, 4.69) is 0 Å². The highest BCUT2D eigenvalue weighted by Gasteiger charge is 2.31. The molecule has 1 N–H and O–H groups in total. The summed E-state index contributed by atoms with van der Waals surface area (Å²) in [6.45, 7) is 3.78. The Morgan fingerprint density at radius 2 is 1.64 bits per heavy atom. The number of hydrogen-bond acceptors (Lipinski definition) is 7. The maximum atomic E-state index is 13.2. The third-order valence-electron chi connectivity index (χ3n) is 5.69. The Bertz CT molecular complexity index is 1200. The van der Waals surface area contributed by atoms with Crippen molar-refractivity contribution in [3.05, 3.63) is 54.1 Å². The van der Waals surface area contributed by atoms with Gasteiger partial charge in [-0.2, -0.15) is 16.1 Å². The molecule has 0 radical (unpaired) electrons. The summed E-state index contributed by atoms with van der Waals surface area (Å²) in [5, 5.41) is 9.58. The molecule has 2 aromatic rings. The number of rotatable bonds is 8. The molecular weight excluding hydrogens is 506 g/mol. The van der Waals surface area contributed by atoms with E-state index in [9.17, 15) is 27.9 Å². The van der Waals surface area contributed by atoms with Gasteiger partial charge in [-0.15, -0.1) is 0 Å². The number of anilines is 1. The van der Waals surface area contributed by atoms with Crippen LogP contribution in [0.4, 0.5) is 10.5 Å². The molecule has 0 bridgehead atoms. The van der Waals surface area contributed by atoms with E-state index in [-0.39, 0.29) is 16.3 Å². The summed E-state index contributed by atoms with van der Waals surface area (Å²) in [6, 6.07) is 10.8. The van der Waals surface area contributed by atoms with Crippen LogP contribution in [-0.4, -0.2) is 84.9 Å². The van der Waals surface area contributed by atoms with Gasteiger partial charge in [-0.3, -0.25) is 9.69 Å². The molecule has 12 heteroatoms. The SMILES string of the molecule is Cc1ccc(S(=O)(=O)N(C)CC(=O)N(c2ccc(OC(=O)N3CCSCC3)cc2)[C@@H](C)C(=O)O)cc1. The van der Waals surface area contributed by atoms with E-state index in [0.29, 0.717) is 13.1 Å². The number of nitrogens with zero attached hydrogens (tertiary/aromatic N) is 3. The van der Waals surface area contributed by atoms with Crippen LogP contribution in [-0.2, 0) is 19.6 Å². The van der Waals surface area contributed by atoms with Gasteiger partial charge in [-0.1, -0.05) is 17.7 Å². The number of hydrogen-bond donors (Lipinski definition) is 1. The number of amides is 2. The summed E-state index contributed by atoms with van der Waals surface area (Å²) in [4.78, 5) is 39.9. The van der Waals surface area contributed by atoms with E-state index < -0.39 is 40.6 Å². The smallest absolute Gasteiger partial charge is 0.415 e. The van der Waals surface area contributed by atoms with Crippen LogP contribution in [0.3, 0.4) is 0 Å². The number of likely N-dealkylation sites (N-methyl/N-ethyl adjacent to an activating group) is 1. The van der Waals surface area contributed by atoms with Crippen molar-refractivity contribution in [3.8, 4) is 5.75 Å². The normalized spacial score (nSPS) is 14.8. The summed E-state index contributed by atoms with van der Waals surface area (Å²) < 4.78 is 32.1. The van der Waals surface area contributed by atoms with Gasteiger partial charge in [0.2, 0.25) is 15.9 Å². The average Bonchev–Trinajstić information content (AvgIpc) is 2.85. The fourth-order valence-corrected chi connectivity index (χ4v) is 5.55. The molecule has 1 saturated heterocycles. The van der Waals surface area contributed by atoms with E-state index >= 15 is 0 Å². The molecule has 0 saturated carbocycles. The standard InChI is InChI=1S/C24H29N3O7S2/c1-17-4-10-21(11-5-17)36(32,33)25(3)16-22(28)27(18(2)23(29)30)19-6-8-20(9-7-19)34-24(31)26-12-14-35-15-13-26/h4-11,18H,12-16H2,1-3H3,(H,29,30)/t18-/m0/s1. The average molecular weight is 536 g/mol. The van der Waals surface area contributed by atoms with Crippen LogP contribution in [0.5, 0.6) is 5.75 Å². The summed E-state index contributed by atoms with van der Waals surface area (Å²) in [6.07, 6.45) is -0.474. The van der Waals surface area contributed by atoms with Crippen molar-refractivity contribution in [2.24, 2.45) is 0 Å². The molecule has 1 aliphatic rings. The number of thioether (sulfide) groups is 1. The zero-order valence-corrected chi connectivity index (χ0v) is 21.9. The third-order valence-corrected chi connectivity index (χ3v) is 8.45. The van der Waals surface area contributed by atoms with Crippen molar-refractivity contribution in [1.82, 2.24) is 9.21 Å². The van der Waals surface area contributed by atoms with Crippen molar-refractivity contribution < 1.29 is 32.6 Å². The minimum Gasteiger partial charge on any atom is -0.480 e. The predicted molar refractivity (Wildman–Crippen MR) is 137 cm³/mol. The number of carbonyl (C=O) groups excluding carboxylic acids is 2. The molecule has 1 aliphatic heterocycles. The van der Waals surface area contributed by atoms with Gasteiger partial charge in [0, 0.05) is 37.3 Å². The maximum absolute atomic E-state index is 13.2. The predicted octanol–water partition coefficient (Wildman–Crippen LogP) is 2.67. The molecule has 0 aromatic heterocycles. The quantitative estimate of drug-likeness (QED) is 0.547. The lowest BCUT2D eigenvalue weighted by Crippen LogP contribution is -2.48. The van der Waals surface area contributed by atoms with Crippen LogP contribution in [0, 0.1) is 6.92 Å². The first-order valence-corrected chi connectivity index (χ1v) is 13.8. The number of carbonyl (C=O) groups is 3. The van der Waals surface area contributed by atoms with Gasteiger partial charge in [-0.25, -0.2) is 18.0 Å². The van der Waals surface area contributed by atoms with Gasteiger partial charge in [0.15, 0.2) is 0 Å². The number of sulfonamides is 1. The Morgan fingerprint density at radius 3 is 2.19 bits per heavy atom. The lowest BCUT2D eigenvalue weighted by atomic mass is 10.2. The molecule has 3 rings (SSSR count). The second kappa shape index (κ2) is 11.8. The van der Waals surface area contributed by atoms with Crippen molar-refractivity contribution in [3.63, 3.8) is 0 Å². The van der Waals surface area contributed by atoms with Crippen molar-refractivity contribution >= 4 is 45.4 Å². The van der Waals surface area contributed by atoms with Gasteiger partial charge in [0.05, 0.1) is 11.4 Å². The second-order valence-electron chi connectivity index (χ2n) is 8.31. The Morgan fingerprint density at radius 1 is 1.06 bits per heavy atom. The van der Waals surface area contributed by atoms with Crippen molar-refractivity contribution in [2.45, 2.75) is 24.8 Å². The van der Waals surface area contributed by atoms with E-state index in [0.717, 1.165) is 26.3 Å². The Labute approximate surface area is 214 Å². The first-order chi connectivity index (χ1) is 17.0. The molecule has 1 atom stereocenters. The first kappa shape index (κ1) is 27.5. The number of carboxylic acid groups (broad SMARTS) is 1. The minimum absolute atomic E-state index is 0.0275. The summed E-state index contributed by atoms with van der Waals surface area (Å²) in [5.74, 6) is -0.0561. The van der Waals surface area contributed by atoms with Gasteiger partial charge >= 0.3 is 12.1 Å². The molecule has 194 valence electrons. The lowest BCUT2D eigenvalue weighted by molar-refractivity contribution is -0.139. The van der Waals surface area contributed by atoms with Gasteiger partial charge < -0.3 is 14.7 Å². The van der Waals surface area contributed by atoms with Crippen molar-refractivity contribution in [1.29, 1.82) is 0 Å². The molecule has 0 aliphatic carbocycles. The monoisotopic (exact) mass is 535 g/mol. The van der Waals surface area contributed by atoms with Gasteiger partial charge in [0.25, 0.3) is 0 Å². The molecule has 2 amide bonds. The molecule has 2 aromatic carbocycles. The molecule has 1 fully saturated rings. The highest BCUT2D eigenvalue weighted by molar-refractivity contribution is 7.99. The highest BCUT2D eigenvalue weighted by Crippen LogP contribution is 2.24. The number of carboxylic acids is 1. The fourth-order valence-electron chi connectivity index (χ4n) is 3.52. The van der Waals surface area contributed by atoms with Crippen LogP contribution < -0.4 is 9.64 Å². The summed E-state index contributed by atoms with van der Waals surface area (Å²) in [7, 11) is -2.71. The van der Waals surface area contributed by atoms with Gasteiger partial charge in [0.1, 0.15) is 11.8 Å². The fraction of sp³-hybridized carbons (Fsp3) is 0.375. The van der Waals surface area contributed by atoms with E-state index in [1.807, 2.05) is 6.92 Å². The summed E-state index contributed by atoms with van der Waals surface area (Å²) in [5.41, 5.74) is 1.11. The Hall–Kier alpha value is -3.09. The highest BCUT2D eigenvalue weighted by atomic mass is 32.2. The molecular formula is C24H29N3O7S2. The largest absolute Gasteiger partial charge is 0.480 e. The zero-order valence-electron chi connectivity index (χ0n) is 20.3. The van der Waals surface area contributed by atoms with E-state index in [1.54, 1.807) is 28.8 Å². The Kier molecular flexibility index (Phi) is 8.98. The van der Waals surface area contributed by atoms with Crippen LogP contribution in [0.25, 0.3) is 0 Å². The third kappa shape index (κ3) is 6.56. The maximum Gasteiger partial charge on any atom is 0.415 e. The number of aryl methyl sites for hydroxylation is 1. The lowest BCUT2D eigenvalue weighted by Gasteiger charge is -2.29. The molecule has 10 nitrogen and oxygen atoms in total. The van der Waals surface area contributed by atoms with Crippen LogP contribution in [0.15, 0.2) is 53.4 Å². The summed E-state index contributed by atoms with van der Waals surface area (Å²) >= 11 is 1.76. The second-order valence-corrected chi connectivity index (χ2v) is 11.6. The van der Waals surface area contributed by atoms with Crippen LogP contribution in [0.1, 0.15) is 12.5 Å². The topological polar surface area (TPSA) is 125 Å². The van der Waals surface area contributed by atoms with Gasteiger partial charge in [-0.05, 0) is 50.2 Å². The first-order valence-electron chi connectivity index (χ1n) is 11.2. The number of aliphatic carboxylic acids is 1. The van der Waals surface area contributed by atoms with E-state index in [1.165, 1.54) is 50.4 Å². The van der Waals surface area contributed by atoms with Crippen molar-refractivity contribution in [2.75, 3.05) is 43.1 Å². The molecule has 0 spiro atoms. The number of benzene rings is 2. The van der Waals surface area contributed by atoms with E-state index in [4.69, 9.17) is 4.74 Å². The molecule has 0 unspecified atom stereocenters. The molecule has 36 heavy (non-hydrogen) atoms. The van der Waals surface area contributed by atoms with Crippen LogP contribution >= 0.6 is 11.8 Å². The minimum atomic E-state index is -3.97. The zero-order chi connectivity index (χ0) is 26.5. The van der Waals surface area contributed by atoms with Crippen LogP contribution in [0.2, 0.25) is 0 Å². The molecule has 1 heterocycles. The number of ether oxygens (including phenoxy) is 1.